The smallest absolute Gasteiger partial charge is 0.308 e. The van der Waals surface area contributed by atoms with E-state index in [0.717, 1.165) is 20.8 Å². The van der Waals surface area contributed by atoms with E-state index >= 15 is 0 Å². The minimum Gasteiger partial charge on any atom is -0.308 e. The average Bonchev–Trinajstić information content (AvgIpc) is 3.05. The number of benzene rings is 3. The second kappa shape index (κ2) is 7.17. The quantitative estimate of drug-likeness (QED) is 0.456. The zero-order valence-corrected chi connectivity index (χ0v) is 15.3. The fourth-order valence-electron chi connectivity index (χ4n) is 2.71. The van der Waals surface area contributed by atoms with E-state index in [-0.39, 0.29) is 0 Å². The van der Waals surface area contributed by atoms with E-state index < -0.39 is 11.8 Å². The number of aromatic nitrogens is 1. The third kappa shape index (κ3) is 3.96. The number of hydrogen-bond donors (Lipinski definition) is 2. The Morgan fingerprint density at radius 2 is 1.74 bits per heavy atom. The first-order chi connectivity index (χ1) is 13.1. The summed E-state index contributed by atoms with van der Waals surface area (Å²) < 4.78 is 14.3. The molecule has 0 unspecified atom stereocenters. The molecule has 0 aliphatic rings. The Balaban J connectivity index is 1.47. The van der Waals surface area contributed by atoms with E-state index in [1.807, 2.05) is 30.3 Å². The molecule has 4 rings (SSSR count). The number of amides is 2. The second-order valence-electron chi connectivity index (χ2n) is 6.16. The molecular weight excluding hydrogens is 361 g/mol. The van der Waals surface area contributed by atoms with E-state index in [4.69, 9.17) is 0 Å². The highest BCUT2D eigenvalue weighted by Gasteiger charge is 2.08. The molecule has 4 nitrogen and oxygen atoms in total. The molecule has 0 fully saturated rings. The van der Waals surface area contributed by atoms with Crippen molar-refractivity contribution in [1.29, 1.82) is 0 Å². The average molecular weight is 377 g/mol. The van der Waals surface area contributed by atoms with Crippen molar-refractivity contribution in [2.45, 2.75) is 6.92 Å². The highest BCUT2D eigenvalue weighted by molar-refractivity contribution is 7.21. The van der Waals surface area contributed by atoms with Gasteiger partial charge in [-0.05, 0) is 67.1 Å². The molecule has 1 aromatic heterocycles. The summed E-state index contributed by atoms with van der Waals surface area (Å²) in [4.78, 5) is 16.7. The molecule has 2 amide bonds. The molecule has 0 saturated heterocycles. The van der Waals surface area contributed by atoms with Gasteiger partial charge in [-0.25, -0.2) is 14.2 Å². The van der Waals surface area contributed by atoms with E-state index in [1.54, 1.807) is 23.5 Å². The van der Waals surface area contributed by atoms with Gasteiger partial charge in [0.15, 0.2) is 0 Å². The first-order valence-electron chi connectivity index (χ1n) is 8.38. The van der Waals surface area contributed by atoms with Crippen LogP contribution in [0.5, 0.6) is 0 Å². The molecule has 0 aliphatic carbocycles. The van der Waals surface area contributed by atoms with Gasteiger partial charge in [-0.2, -0.15) is 0 Å². The van der Waals surface area contributed by atoms with Crippen LogP contribution in [0.1, 0.15) is 5.56 Å². The second-order valence-corrected chi connectivity index (χ2v) is 7.19. The molecule has 0 bridgehead atoms. The number of urea groups is 1. The van der Waals surface area contributed by atoms with Crippen LogP contribution in [0.25, 0.3) is 20.8 Å². The number of nitrogens with zero attached hydrogens (tertiary/aromatic N) is 1. The zero-order chi connectivity index (χ0) is 18.8. The van der Waals surface area contributed by atoms with Gasteiger partial charge in [0, 0.05) is 16.9 Å². The molecule has 0 atom stereocenters. The van der Waals surface area contributed by atoms with Gasteiger partial charge in [0.2, 0.25) is 0 Å². The number of hydrogen-bond acceptors (Lipinski definition) is 3. The van der Waals surface area contributed by atoms with E-state index in [1.165, 1.54) is 17.7 Å². The number of nitrogens with one attached hydrogen (secondary N) is 2. The lowest BCUT2D eigenvalue weighted by Crippen LogP contribution is -2.19. The highest BCUT2D eigenvalue weighted by atomic mass is 32.1. The summed E-state index contributed by atoms with van der Waals surface area (Å²) >= 11 is 1.64. The summed E-state index contributed by atoms with van der Waals surface area (Å²) in [5.74, 6) is -0.400. The fourth-order valence-corrected chi connectivity index (χ4v) is 3.78. The summed E-state index contributed by atoms with van der Waals surface area (Å²) in [5, 5.41) is 6.27. The van der Waals surface area contributed by atoms with Crippen LogP contribution in [0.2, 0.25) is 0 Å². The third-order valence-electron chi connectivity index (χ3n) is 4.02. The molecule has 0 aliphatic heterocycles. The maximum atomic E-state index is 13.2. The lowest BCUT2D eigenvalue weighted by molar-refractivity contribution is 0.262. The van der Waals surface area contributed by atoms with Crippen LogP contribution < -0.4 is 10.6 Å². The predicted molar refractivity (Wildman–Crippen MR) is 109 cm³/mol. The van der Waals surface area contributed by atoms with Gasteiger partial charge in [-0.3, -0.25) is 0 Å². The minimum absolute atomic E-state index is 0.397. The molecule has 1 heterocycles. The van der Waals surface area contributed by atoms with E-state index in [2.05, 4.69) is 34.7 Å². The number of aryl methyl sites for hydroxylation is 1. The molecule has 2 N–H and O–H groups in total. The van der Waals surface area contributed by atoms with Crippen molar-refractivity contribution in [2.24, 2.45) is 0 Å². The van der Waals surface area contributed by atoms with Crippen LogP contribution in [-0.4, -0.2) is 11.0 Å². The molecule has 0 spiro atoms. The van der Waals surface area contributed by atoms with Gasteiger partial charge in [-0.15, -0.1) is 11.3 Å². The Hall–Kier alpha value is -3.25. The lowest BCUT2D eigenvalue weighted by atomic mass is 10.2. The van der Waals surface area contributed by atoms with E-state index in [9.17, 15) is 9.18 Å². The van der Waals surface area contributed by atoms with Crippen LogP contribution in [0.3, 0.4) is 0 Å². The minimum atomic E-state index is -0.427. The van der Waals surface area contributed by atoms with Crippen molar-refractivity contribution >= 4 is 39.0 Å². The number of halogens is 1. The lowest BCUT2D eigenvalue weighted by Gasteiger charge is -2.08. The van der Waals surface area contributed by atoms with Crippen molar-refractivity contribution in [3.63, 3.8) is 0 Å². The van der Waals surface area contributed by atoms with Gasteiger partial charge in [-0.1, -0.05) is 12.1 Å². The van der Waals surface area contributed by atoms with Gasteiger partial charge in [0.1, 0.15) is 10.8 Å². The van der Waals surface area contributed by atoms with Crippen LogP contribution in [-0.2, 0) is 0 Å². The number of rotatable bonds is 3. The first-order valence-corrected chi connectivity index (χ1v) is 9.20. The predicted octanol–water partition coefficient (Wildman–Crippen LogP) is 6.05. The monoisotopic (exact) mass is 377 g/mol. The van der Waals surface area contributed by atoms with Crippen LogP contribution in [0, 0.1) is 12.7 Å². The van der Waals surface area contributed by atoms with Crippen LogP contribution >= 0.6 is 11.3 Å². The SMILES string of the molecule is Cc1ccc2nc(-c3ccc(NC(=O)Nc4cccc(F)c4)cc3)sc2c1. The van der Waals surface area contributed by atoms with Crippen molar-refractivity contribution in [2.75, 3.05) is 10.6 Å². The molecular formula is C21H16FN3OS. The van der Waals surface area contributed by atoms with Crippen molar-refractivity contribution in [3.8, 4) is 10.6 Å². The largest absolute Gasteiger partial charge is 0.323 e. The summed E-state index contributed by atoms with van der Waals surface area (Å²) in [5.41, 5.74) is 4.22. The van der Waals surface area contributed by atoms with Crippen LogP contribution in [0.15, 0.2) is 66.7 Å². The zero-order valence-electron chi connectivity index (χ0n) is 14.5. The summed E-state index contributed by atoms with van der Waals surface area (Å²) in [6.07, 6.45) is 0. The number of carbonyl (C=O) groups excluding carboxylic acids is 1. The summed E-state index contributed by atoms with van der Waals surface area (Å²) in [7, 11) is 0. The molecule has 3 aromatic carbocycles. The Labute approximate surface area is 159 Å². The summed E-state index contributed by atoms with van der Waals surface area (Å²) in [6, 6.07) is 19.0. The molecule has 6 heteroatoms. The Morgan fingerprint density at radius 1 is 0.963 bits per heavy atom. The van der Waals surface area contributed by atoms with Crippen molar-refractivity contribution in [1.82, 2.24) is 4.98 Å². The molecule has 134 valence electrons. The normalized spacial score (nSPS) is 10.7. The Bertz CT molecular complexity index is 1120. The molecule has 0 radical (unpaired) electrons. The van der Waals surface area contributed by atoms with Gasteiger partial charge in [0.05, 0.1) is 10.2 Å². The topological polar surface area (TPSA) is 54.0 Å². The molecule has 4 aromatic rings. The van der Waals surface area contributed by atoms with Crippen molar-refractivity contribution in [3.05, 3.63) is 78.1 Å². The fraction of sp³-hybridized carbons (Fsp3) is 0.0476. The summed E-state index contributed by atoms with van der Waals surface area (Å²) in [6.45, 7) is 2.06. The first kappa shape index (κ1) is 17.2. The maximum absolute atomic E-state index is 13.2. The highest BCUT2D eigenvalue weighted by Crippen LogP contribution is 2.31. The number of carbonyl (C=O) groups is 1. The standard InChI is InChI=1S/C21H16FN3OS/c1-13-5-10-18-19(11-13)27-20(25-18)14-6-8-16(9-7-14)23-21(26)24-17-4-2-3-15(22)12-17/h2-12H,1H3,(H2,23,24,26). The maximum Gasteiger partial charge on any atom is 0.323 e. The van der Waals surface area contributed by atoms with Gasteiger partial charge in [0.25, 0.3) is 0 Å². The van der Waals surface area contributed by atoms with Gasteiger partial charge >= 0.3 is 6.03 Å². The van der Waals surface area contributed by atoms with E-state index in [0.29, 0.717) is 11.4 Å². The number of anilines is 2. The Kier molecular flexibility index (Phi) is 4.56. The molecule has 27 heavy (non-hydrogen) atoms. The molecule has 0 saturated carbocycles. The number of thiazole rings is 1. The van der Waals surface area contributed by atoms with Gasteiger partial charge < -0.3 is 10.6 Å². The number of fused-ring (bicyclic) bond motifs is 1. The third-order valence-corrected chi connectivity index (χ3v) is 5.08. The van der Waals surface area contributed by atoms with Crippen LogP contribution in [0.4, 0.5) is 20.6 Å². The Morgan fingerprint density at radius 3 is 2.52 bits per heavy atom. The van der Waals surface area contributed by atoms with Crippen molar-refractivity contribution < 1.29 is 9.18 Å².